The third kappa shape index (κ3) is 4.14. The molecular formula is C45H30N6S. The van der Waals surface area contributed by atoms with Gasteiger partial charge < -0.3 is 4.90 Å². The first-order valence-corrected chi connectivity index (χ1v) is 18.3. The highest BCUT2D eigenvalue weighted by Crippen LogP contribution is 2.42. The van der Waals surface area contributed by atoms with Gasteiger partial charge in [0.1, 0.15) is 11.5 Å². The molecule has 0 radical (unpaired) electrons. The number of aromatic nitrogens is 3. The predicted octanol–water partition coefficient (Wildman–Crippen LogP) is 10.9. The Morgan fingerprint density at radius 2 is 1.23 bits per heavy atom. The normalized spacial score (nSPS) is 15.0. The van der Waals surface area contributed by atoms with Gasteiger partial charge in [0.05, 0.1) is 16.6 Å². The van der Waals surface area contributed by atoms with Crippen LogP contribution in [0.4, 0.5) is 0 Å². The lowest BCUT2D eigenvalue weighted by molar-refractivity contribution is 0.381. The summed E-state index contributed by atoms with van der Waals surface area (Å²) in [6.07, 6.45) is 1.57. The van der Waals surface area contributed by atoms with E-state index in [4.69, 9.17) is 15.0 Å². The van der Waals surface area contributed by atoms with E-state index in [9.17, 15) is 0 Å². The van der Waals surface area contributed by atoms with Crippen LogP contribution in [0, 0.1) is 0 Å². The lowest BCUT2D eigenvalue weighted by atomic mass is 10.0. The molecule has 0 amide bonds. The Labute approximate surface area is 302 Å². The SMILES string of the molecule is CN1C(c2cccc3sc4ccccc4c23)=NC(n2c3ccccc3c3ccc4c5cccnc5n(-c5ccccc5)c4c32)=NC1c1ccccc1. The van der Waals surface area contributed by atoms with Crippen LogP contribution >= 0.6 is 11.3 Å². The lowest BCUT2D eigenvalue weighted by Gasteiger charge is -2.33. The van der Waals surface area contributed by atoms with Crippen molar-refractivity contribution < 1.29 is 0 Å². The van der Waals surface area contributed by atoms with Gasteiger partial charge in [-0.15, -0.1) is 11.3 Å². The second kappa shape index (κ2) is 11.2. The lowest BCUT2D eigenvalue weighted by Crippen LogP contribution is -2.37. The van der Waals surface area contributed by atoms with Crippen molar-refractivity contribution in [3.63, 3.8) is 0 Å². The molecule has 5 heterocycles. The molecule has 0 spiro atoms. The molecule has 0 bridgehead atoms. The second-order valence-electron chi connectivity index (χ2n) is 13.3. The molecule has 1 aliphatic rings. The van der Waals surface area contributed by atoms with Crippen molar-refractivity contribution in [1.29, 1.82) is 0 Å². The van der Waals surface area contributed by atoms with Crippen molar-refractivity contribution in [3.8, 4) is 5.69 Å². The zero-order valence-electron chi connectivity index (χ0n) is 28.2. The van der Waals surface area contributed by atoms with Gasteiger partial charge in [-0.25, -0.2) is 9.98 Å². The van der Waals surface area contributed by atoms with E-state index in [2.05, 4.69) is 167 Å². The number of amidine groups is 1. The van der Waals surface area contributed by atoms with Gasteiger partial charge in [0.25, 0.3) is 0 Å². The number of rotatable bonds is 3. The number of nitrogens with zero attached hydrogens (tertiary/aromatic N) is 6. The molecule has 246 valence electrons. The van der Waals surface area contributed by atoms with Gasteiger partial charge in [0, 0.05) is 66.2 Å². The average Bonchev–Trinajstić information content (AvgIpc) is 3.87. The number of hydrogen-bond donors (Lipinski definition) is 0. The van der Waals surface area contributed by atoms with Crippen molar-refractivity contribution in [2.75, 3.05) is 7.05 Å². The van der Waals surface area contributed by atoms with Crippen LogP contribution in [0.5, 0.6) is 0 Å². The first-order chi connectivity index (χ1) is 25.7. The zero-order valence-corrected chi connectivity index (χ0v) is 29.0. The molecule has 11 rings (SSSR count). The summed E-state index contributed by atoms with van der Waals surface area (Å²) < 4.78 is 7.11. The summed E-state index contributed by atoms with van der Waals surface area (Å²) in [6, 6.07) is 53.7. The van der Waals surface area contributed by atoms with Crippen LogP contribution in [0.2, 0.25) is 0 Å². The zero-order chi connectivity index (χ0) is 34.3. The predicted molar refractivity (Wildman–Crippen MR) is 217 cm³/mol. The first kappa shape index (κ1) is 29.2. The van der Waals surface area contributed by atoms with E-state index in [0.717, 1.165) is 66.4 Å². The van der Waals surface area contributed by atoms with Gasteiger partial charge in [-0.05, 0) is 48.0 Å². The Balaban J connectivity index is 1.29. The van der Waals surface area contributed by atoms with Gasteiger partial charge in [-0.2, -0.15) is 4.99 Å². The summed E-state index contributed by atoms with van der Waals surface area (Å²) in [5.41, 5.74) is 7.36. The smallest absolute Gasteiger partial charge is 0.234 e. The van der Waals surface area contributed by atoms with E-state index in [-0.39, 0.29) is 6.17 Å². The highest BCUT2D eigenvalue weighted by molar-refractivity contribution is 7.25. The number of thiophene rings is 1. The second-order valence-corrected chi connectivity index (χ2v) is 14.4. The molecule has 0 N–H and O–H groups in total. The fourth-order valence-corrected chi connectivity index (χ4v) is 9.30. The molecule has 1 aliphatic heterocycles. The van der Waals surface area contributed by atoms with Gasteiger partial charge in [-0.1, -0.05) is 109 Å². The highest BCUT2D eigenvalue weighted by Gasteiger charge is 2.31. The summed E-state index contributed by atoms with van der Waals surface area (Å²) in [5, 5.41) is 7.00. The molecule has 1 unspecified atom stereocenters. The number of hydrogen-bond acceptors (Lipinski definition) is 5. The molecule has 0 saturated heterocycles. The van der Waals surface area contributed by atoms with Gasteiger partial charge in [0.2, 0.25) is 5.96 Å². The van der Waals surface area contributed by atoms with Crippen LogP contribution < -0.4 is 0 Å². The molecule has 6 nitrogen and oxygen atoms in total. The molecule has 10 aromatic rings. The maximum Gasteiger partial charge on any atom is 0.234 e. The largest absolute Gasteiger partial charge is 0.333 e. The monoisotopic (exact) mass is 686 g/mol. The number of benzene rings is 6. The van der Waals surface area contributed by atoms with E-state index in [1.165, 1.54) is 20.2 Å². The number of para-hydroxylation sites is 2. The van der Waals surface area contributed by atoms with Crippen molar-refractivity contribution in [2.24, 2.45) is 9.98 Å². The van der Waals surface area contributed by atoms with Crippen LogP contribution in [0.3, 0.4) is 0 Å². The van der Waals surface area contributed by atoms with Crippen LogP contribution in [0.25, 0.3) is 69.6 Å². The Morgan fingerprint density at radius 3 is 2.08 bits per heavy atom. The Bertz CT molecular complexity index is 3100. The van der Waals surface area contributed by atoms with E-state index in [1.807, 2.05) is 23.6 Å². The number of fused-ring (bicyclic) bond motifs is 10. The minimum atomic E-state index is -0.305. The van der Waals surface area contributed by atoms with Crippen LogP contribution in [0.1, 0.15) is 17.3 Å². The molecule has 0 fully saturated rings. The van der Waals surface area contributed by atoms with Crippen molar-refractivity contribution in [3.05, 3.63) is 169 Å². The molecule has 0 saturated carbocycles. The summed E-state index contributed by atoms with van der Waals surface area (Å²) in [4.78, 5) is 18.3. The fourth-order valence-electron chi connectivity index (χ4n) is 8.17. The molecule has 4 aromatic heterocycles. The Morgan fingerprint density at radius 1 is 0.558 bits per heavy atom. The average molecular weight is 687 g/mol. The van der Waals surface area contributed by atoms with Crippen LogP contribution in [0.15, 0.2) is 168 Å². The van der Waals surface area contributed by atoms with Crippen molar-refractivity contribution >= 4 is 87.0 Å². The number of aliphatic imine (C=N–C) groups is 2. The van der Waals surface area contributed by atoms with Gasteiger partial charge in [-0.3, -0.25) is 9.13 Å². The van der Waals surface area contributed by atoms with E-state index in [0.29, 0.717) is 5.96 Å². The Kier molecular flexibility index (Phi) is 6.30. The van der Waals surface area contributed by atoms with E-state index >= 15 is 0 Å². The van der Waals surface area contributed by atoms with E-state index in [1.54, 1.807) is 0 Å². The van der Waals surface area contributed by atoms with Gasteiger partial charge >= 0.3 is 0 Å². The third-order valence-corrected chi connectivity index (χ3v) is 11.6. The minimum absolute atomic E-state index is 0.305. The molecule has 6 aromatic carbocycles. The summed E-state index contributed by atoms with van der Waals surface area (Å²) in [5.74, 6) is 1.53. The van der Waals surface area contributed by atoms with Crippen LogP contribution in [-0.2, 0) is 0 Å². The molecule has 52 heavy (non-hydrogen) atoms. The summed E-state index contributed by atoms with van der Waals surface area (Å²) >= 11 is 1.83. The molecule has 7 heteroatoms. The third-order valence-electron chi connectivity index (χ3n) is 10.4. The minimum Gasteiger partial charge on any atom is -0.333 e. The Hall–Kier alpha value is -6.57. The topological polar surface area (TPSA) is 50.7 Å². The first-order valence-electron chi connectivity index (χ1n) is 17.5. The molecular weight excluding hydrogens is 657 g/mol. The maximum absolute atomic E-state index is 5.59. The van der Waals surface area contributed by atoms with Crippen molar-refractivity contribution in [1.82, 2.24) is 19.0 Å². The van der Waals surface area contributed by atoms with Crippen molar-refractivity contribution in [2.45, 2.75) is 6.17 Å². The quantitative estimate of drug-likeness (QED) is 0.186. The highest BCUT2D eigenvalue weighted by atomic mass is 32.1. The summed E-state index contributed by atoms with van der Waals surface area (Å²) in [7, 11) is 2.12. The fraction of sp³-hybridized carbons (Fsp3) is 0.0444. The summed E-state index contributed by atoms with van der Waals surface area (Å²) in [6.45, 7) is 0. The molecule has 1 atom stereocenters. The van der Waals surface area contributed by atoms with Crippen LogP contribution in [-0.4, -0.2) is 37.9 Å². The maximum atomic E-state index is 5.59. The standard InChI is InChI=1S/C45H30N6S/c1-49-42(28-14-4-2-5-15-28)47-45(48-44(49)35-20-12-24-38-39(35)34-19-9-11-23-37(34)52-38)51-36-22-10-8-18-30(36)31-25-26-32-33-21-13-27-46-43(33)50(40(32)41(31)51)29-16-6-3-7-17-29/h2-27,42H,1H3. The van der Waals surface area contributed by atoms with Gasteiger partial charge in [0.15, 0.2) is 6.17 Å². The van der Waals surface area contributed by atoms with E-state index < -0.39 is 0 Å². The molecule has 0 aliphatic carbocycles. The number of pyridine rings is 1.